The summed E-state index contributed by atoms with van der Waals surface area (Å²) in [5.41, 5.74) is 4.29. The Labute approximate surface area is 184 Å². The average Bonchev–Trinajstić information content (AvgIpc) is 2.79. The molecule has 0 aromatic heterocycles. The molecule has 3 aromatic carbocycles. The maximum atomic E-state index is 12.3. The number of aryl methyl sites for hydroxylation is 1. The van der Waals surface area contributed by atoms with Crippen molar-refractivity contribution in [2.45, 2.75) is 6.92 Å². The van der Waals surface area contributed by atoms with Crippen molar-refractivity contribution in [3.63, 3.8) is 0 Å². The van der Waals surface area contributed by atoms with Gasteiger partial charge in [0.05, 0.1) is 11.1 Å². The van der Waals surface area contributed by atoms with Crippen molar-refractivity contribution in [3.05, 3.63) is 111 Å². The summed E-state index contributed by atoms with van der Waals surface area (Å²) < 4.78 is 5.24. The molecule has 0 heterocycles. The lowest BCUT2D eigenvalue weighted by Crippen LogP contribution is -2.17. The Morgan fingerprint density at radius 3 is 2.41 bits per heavy atom. The number of nitro benzene ring substituents is 1. The van der Waals surface area contributed by atoms with Gasteiger partial charge >= 0.3 is 11.7 Å². The Bertz CT molecular complexity index is 1190. The van der Waals surface area contributed by atoms with Crippen molar-refractivity contribution in [2.24, 2.45) is 5.10 Å². The smallest absolute Gasteiger partial charge is 0.336 e. The number of hydrogen-bond donors (Lipinski definition) is 1. The van der Waals surface area contributed by atoms with E-state index in [1.54, 1.807) is 36.4 Å². The molecule has 3 aromatic rings. The van der Waals surface area contributed by atoms with Crippen LogP contribution in [0.15, 0.2) is 84.0 Å². The van der Waals surface area contributed by atoms with Crippen molar-refractivity contribution in [1.82, 2.24) is 5.43 Å². The molecule has 1 N–H and O–H groups in total. The fraction of sp³-hybridized carbons (Fsp3) is 0.0417. The van der Waals surface area contributed by atoms with Crippen LogP contribution in [0.5, 0.6) is 5.75 Å². The first-order valence-corrected chi connectivity index (χ1v) is 9.56. The van der Waals surface area contributed by atoms with Crippen molar-refractivity contribution in [1.29, 1.82) is 0 Å². The maximum Gasteiger partial charge on any atom is 0.336 e. The number of amides is 1. The lowest BCUT2D eigenvalue weighted by atomic mass is 10.1. The van der Waals surface area contributed by atoms with Gasteiger partial charge in [0.2, 0.25) is 5.75 Å². The number of carbonyl (C=O) groups is 2. The van der Waals surface area contributed by atoms with Crippen molar-refractivity contribution in [2.75, 3.05) is 0 Å². The molecule has 160 valence electrons. The maximum absolute atomic E-state index is 12.3. The zero-order valence-corrected chi connectivity index (χ0v) is 17.1. The van der Waals surface area contributed by atoms with E-state index in [1.807, 2.05) is 25.1 Å². The molecule has 8 nitrogen and oxygen atoms in total. The number of nitrogens with one attached hydrogen (secondary N) is 1. The molecular weight excluding hydrogens is 410 g/mol. The van der Waals surface area contributed by atoms with Crippen molar-refractivity contribution in [3.8, 4) is 5.75 Å². The predicted octanol–water partition coefficient (Wildman–Crippen LogP) is 4.29. The molecule has 0 spiro atoms. The molecule has 1 amide bonds. The Hall–Kier alpha value is -4.59. The van der Waals surface area contributed by atoms with E-state index in [-0.39, 0.29) is 11.3 Å². The molecule has 3 rings (SSSR count). The van der Waals surface area contributed by atoms with E-state index in [2.05, 4.69) is 10.5 Å². The van der Waals surface area contributed by atoms with Crippen LogP contribution >= 0.6 is 0 Å². The minimum Gasteiger partial charge on any atom is -0.415 e. The second-order valence-electron chi connectivity index (χ2n) is 6.68. The van der Waals surface area contributed by atoms with Gasteiger partial charge in [-0.1, -0.05) is 54.1 Å². The summed E-state index contributed by atoms with van der Waals surface area (Å²) >= 11 is 0. The van der Waals surface area contributed by atoms with Gasteiger partial charge in [-0.2, -0.15) is 5.10 Å². The van der Waals surface area contributed by atoms with E-state index >= 15 is 0 Å². The van der Waals surface area contributed by atoms with E-state index in [4.69, 9.17) is 4.74 Å². The first kappa shape index (κ1) is 22.1. The molecule has 0 atom stereocenters. The summed E-state index contributed by atoms with van der Waals surface area (Å²) in [7, 11) is 0. The van der Waals surface area contributed by atoms with E-state index < -0.39 is 22.5 Å². The summed E-state index contributed by atoms with van der Waals surface area (Å²) in [5.74, 6) is -1.51. The van der Waals surface area contributed by atoms with Gasteiger partial charge in [-0.15, -0.1) is 0 Å². The number of nitrogens with zero attached hydrogens (tertiary/aromatic N) is 2. The van der Waals surface area contributed by atoms with Crippen LogP contribution in [-0.2, 0) is 4.79 Å². The van der Waals surface area contributed by atoms with Crippen LogP contribution in [0.3, 0.4) is 0 Å². The summed E-state index contributed by atoms with van der Waals surface area (Å²) in [6.07, 6.45) is 3.89. The molecule has 0 bridgehead atoms. The third kappa shape index (κ3) is 5.96. The van der Waals surface area contributed by atoms with Gasteiger partial charge in [0.1, 0.15) is 0 Å². The minimum absolute atomic E-state index is 0.157. The Morgan fingerprint density at radius 2 is 1.72 bits per heavy atom. The Kier molecular flexibility index (Phi) is 7.21. The number of esters is 1. The molecule has 0 unspecified atom stereocenters. The van der Waals surface area contributed by atoms with Crippen LogP contribution in [0.4, 0.5) is 5.69 Å². The second-order valence-corrected chi connectivity index (χ2v) is 6.68. The van der Waals surface area contributed by atoms with Gasteiger partial charge in [0.15, 0.2) is 0 Å². The van der Waals surface area contributed by atoms with Crippen LogP contribution in [-0.4, -0.2) is 23.0 Å². The van der Waals surface area contributed by atoms with Gasteiger partial charge in [0, 0.05) is 23.3 Å². The SMILES string of the molecule is Cc1ccc(C(=O)N/N=C/c2cccc([N+](=O)[O-])c2OC(=O)/C=C/c2ccccc2)cc1. The molecular formula is C24H19N3O5. The molecule has 0 saturated carbocycles. The van der Waals surface area contributed by atoms with Crippen LogP contribution in [0, 0.1) is 17.0 Å². The van der Waals surface area contributed by atoms with Crippen molar-refractivity contribution >= 4 is 29.9 Å². The molecule has 0 aliphatic rings. The topological polar surface area (TPSA) is 111 Å². The van der Waals surface area contributed by atoms with E-state index in [9.17, 15) is 19.7 Å². The third-order valence-corrected chi connectivity index (χ3v) is 4.32. The Morgan fingerprint density at radius 1 is 1.00 bits per heavy atom. The van der Waals surface area contributed by atoms with E-state index in [0.29, 0.717) is 5.56 Å². The first-order chi connectivity index (χ1) is 15.4. The van der Waals surface area contributed by atoms with Crippen LogP contribution in [0.1, 0.15) is 27.0 Å². The van der Waals surface area contributed by atoms with Crippen molar-refractivity contribution < 1.29 is 19.2 Å². The fourth-order valence-electron chi connectivity index (χ4n) is 2.69. The van der Waals surface area contributed by atoms with Gasteiger partial charge < -0.3 is 4.74 Å². The molecule has 0 aliphatic heterocycles. The lowest BCUT2D eigenvalue weighted by molar-refractivity contribution is -0.385. The number of nitro groups is 1. The molecule has 0 aliphatic carbocycles. The number of carbonyl (C=O) groups excluding carboxylic acids is 2. The summed E-state index contributed by atoms with van der Waals surface area (Å²) in [6, 6.07) is 20.1. The van der Waals surface area contributed by atoms with Gasteiger partial charge in [-0.3, -0.25) is 14.9 Å². The number of hydrazone groups is 1. The number of para-hydroxylation sites is 1. The first-order valence-electron chi connectivity index (χ1n) is 9.56. The van der Waals surface area contributed by atoms with Crippen LogP contribution < -0.4 is 10.2 Å². The number of ether oxygens (including phenoxy) is 1. The fourth-order valence-corrected chi connectivity index (χ4v) is 2.69. The summed E-state index contributed by atoms with van der Waals surface area (Å²) in [4.78, 5) is 35.2. The Balaban J connectivity index is 1.78. The quantitative estimate of drug-likeness (QED) is 0.150. The number of rotatable bonds is 7. The number of benzene rings is 3. The van der Waals surface area contributed by atoms with E-state index in [0.717, 1.165) is 11.1 Å². The van der Waals surface area contributed by atoms with Gasteiger partial charge in [-0.05, 0) is 36.8 Å². The molecule has 0 fully saturated rings. The highest BCUT2D eigenvalue weighted by Crippen LogP contribution is 2.30. The van der Waals surface area contributed by atoms with Crippen LogP contribution in [0.25, 0.3) is 6.08 Å². The average molecular weight is 429 g/mol. The molecule has 32 heavy (non-hydrogen) atoms. The van der Waals surface area contributed by atoms with E-state index in [1.165, 1.54) is 36.6 Å². The molecule has 0 radical (unpaired) electrons. The minimum atomic E-state index is -0.790. The molecule has 8 heteroatoms. The normalized spacial score (nSPS) is 10.9. The third-order valence-electron chi connectivity index (χ3n) is 4.32. The highest BCUT2D eigenvalue weighted by molar-refractivity contribution is 5.96. The zero-order valence-electron chi connectivity index (χ0n) is 17.1. The largest absolute Gasteiger partial charge is 0.415 e. The summed E-state index contributed by atoms with van der Waals surface area (Å²) in [5, 5.41) is 15.3. The monoisotopic (exact) mass is 429 g/mol. The lowest BCUT2D eigenvalue weighted by Gasteiger charge is -2.06. The van der Waals surface area contributed by atoms with Crippen LogP contribution in [0.2, 0.25) is 0 Å². The molecule has 0 saturated heterocycles. The number of hydrogen-bond acceptors (Lipinski definition) is 6. The predicted molar refractivity (Wildman–Crippen MR) is 120 cm³/mol. The zero-order chi connectivity index (χ0) is 22.9. The second kappa shape index (κ2) is 10.4. The standard InChI is InChI=1S/C24H19N3O5/c1-17-10-13-19(14-11-17)24(29)26-25-16-20-8-5-9-21(27(30)31)23(20)32-22(28)15-12-18-6-3-2-4-7-18/h2-16H,1H3,(H,26,29)/b15-12+,25-16+. The van der Waals surface area contributed by atoms with Gasteiger partial charge in [0.25, 0.3) is 5.91 Å². The van der Waals surface area contributed by atoms with Gasteiger partial charge in [-0.25, -0.2) is 10.2 Å². The summed E-state index contributed by atoms with van der Waals surface area (Å²) in [6.45, 7) is 1.90. The highest BCUT2D eigenvalue weighted by Gasteiger charge is 2.20. The highest BCUT2D eigenvalue weighted by atomic mass is 16.6.